The van der Waals surface area contributed by atoms with Gasteiger partial charge in [-0.2, -0.15) is 5.10 Å². The quantitative estimate of drug-likeness (QED) is 0.868. The van der Waals surface area contributed by atoms with Crippen LogP contribution in [-0.2, 0) is 11.8 Å². The lowest BCUT2D eigenvalue weighted by atomic mass is 10.2. The van der Waals surface area contributed by atoms with Gasteiger partial charge >= 0.3 is 0 Å². The lowest BCUT2D eigenvalue weighted by Gasteiger charge is -2.35. The number of benzene rings is 1. The molecule has 0 aliphatic carbocycles. The van der Waals surface area contributed by atoms with E-state index in [9.17, 15) is 14.0 Å². The largest absolute Gasteiger partial charge is 0.366 e. The molecule has 1 saturated heterocycles. The number of anilines is 2. The fourth-order valence-corrected chi connectivity index (χ4v) is 3.12. The van der Waals surface area contributed by atoms with Crippen LogP contribution in [0.2, 0.25) is 5.02 Å². The van der Waals surface area contributed by atoms with E-state index in [1.165, 1.54) is 16.8 Å². The molecule has 0 unspecified atom stereocenters. The molecule has 1 aromatic carbocycles. The highest BCUT2D eigenvalue weighted by atomic mass is 35.5. The number of nitrogens with zero attached hydrogens (tertiary/aromatic N) is 4. The predicted molar refractivity (Wildman–Crippen MR) is 98.2 cm³/mol. The Morgan fingerprint density at radius 3 is 2.65 bits per heavy atom. The molecular weight excluding hydrogens is 361 g/mol. The van der Waals surface area contributed by atoms with Gasteiger partial charge in [0.05, 0.1) is 24.1 Å². The first kappa shape index (κ1) is 18.3. The van der Waals surface area contributed by atoms with Crippen LogP contribution >= 0.6 is 11.6 Å². The highest BCUT2D eigenvalue weighted by Gasteiger charge is 2.22. The Morgan fingerprint density at radius 2 is 1.96 bits per heavy atom. The number of aryl methyl sites for hydroxylation is 1. The van der Waals surface area contributed by atoms with Crippen LogP contribution in [0, 0.1) is 5.82 Å². The summed E-state index contributed by atoms with van der Waals surface area (Å²) in [5.41, 5.74) is 0.440. The van der Waals surface area contributed by atoms with Gasteiger partial charge in [0.1, 0.15) is 10.8 Å². The molecule has 2 heterocycles. The fraction of sp³-hybridized carbons (Fsp3) is 0.353. The van der Waals surface area contributed by atoms with Crippen LogP contribution in [0.3, 0.4) is 0 Å². The topological polar surface area (TPSA) is 70.5 Å². The van der Waals surface area contributed by atoms with E-state index in [0.717, 1.165) is 0 Å². The average molecular weight is 380 g/mol. The van der Waals surface area contributed by atoms with Crippen molar-refractivity contribution in [1.29, 1.82) is 0 Å². The van der Waals surface area contributed by atoms with Crippen LogP contribution in [0.5, 0.6) is 0 Å². The number of carbonyl (C=O) groups excluding carboxylic acids is 1. The summed E-state index contributed by atoms with van der Waals surface area (Å²) < 4.78 is 14.8. The molecule has 9 heteroatoms. The zero-order valence-corrected chi connectivity index (χ0v) is 15.0. The molecule has 2 aromatic rings. The lowest BCUT2D eigenvalue weighted by Crippen LogP contribution is -2.49. The fourth-order valence-electron chi connectivity index (χ4n) is 2.82. The van der Waals surface area contributed by atoms with E-state index in [1.807, 2.05) is 9.80 Å². The molecule has 1 amide bonds. The summed E-state index contributed by atoms with van der Waals surface area (Å²) in [6.45, 7) is 2.64. The molecule has 1 N–H and O–H groups in total. The van der Waals surface area contributed by atoms with Gasteiger partial charge in [-0.1, -0.05) is 23.7 Å². The Bertz CT molecular complexity index is 864. The average Bonchev–Trinajstić information content (AvgIpc) is 2.63. The number of amides is 1. The van der Waals surface area contributed by atoms with E-state index in [1.54, 1.807) is 25.4 Å². The van der Waals surface area contributed by atoms with Crippen molar-refractivity contribution in [2.24, 2.45) is 7.05 Å². The third-order valence-electron chi connectivity index (χ3n) is 4.29. The molecule has 0 bridgehead atoms. The molecule has 0 radical (unpaired) electrons. The Labute approximate surface area is 155 Å². The van der Waals surface area contributed by atoms with Crippen molar-refractivity contribution in [3.8, 4) is 0 Å². The van der Waals surface area contributed by atoms with Gasteiger partial charge in [0.15, 0.2) is 0 Å². The number of hydrogen-bond donors (Lipinski definition) is 1. The highest BCUT2D eigenvalue weighted by molar-refractivity contribution is 6.33. The van der Waals surface area contributed by atoms with Gasteiger partial charge in [-0.15, -0.1) is 0 Å². The lowest BCUT2D eigenvalue weighted by molar-refractivity contribution is -0.117. The van der Waals surface area contributed by atoms with Gasteiger partial charge in [-0.3, -0.25) is 14.5 Å². The molecule has 0 saturated carbocycles. The monoisotopic (exact) mass is 379 g/mol. The molecule has 0 atom stereocenters. The molecule has 138 valence electrons. The van der Waals surface area contributed by atoms with E-state index >= 15 is 0 Å². The number of halogens is 2. The van der Waals surface area contributed by atoms with E-state index in [-0.39, 0.29) is 28.7 Å². The second-order valence-corrected chi connectivity index (χ2v) is 6.44. The summed E-state index contributed by atoms with van der Waals surface area (Å²) in [6, 6.07) is 6.06. The molecular formula is C17H19ClFN5O2. The highest BCUT2D eigenvalue weighted by Crippen LogP contribution is 2.22. The summed E-state index contributed by atoms with van der Waals surface area (Å²) in [5, 5.41) is 6.73. The van der Waals surface area contributed by atoms with E-state index in [0.29, 0.717) is 31.9 Å². The SMILES string of the molecule is Cn1ncc(N2CCN(CC(=O)Nc3ccccc3F)CC2)c(Cl)c1=O. The molecule has 1 aromatic heterocycles. The zero-order valence-electron chi connectivity index (χ0n) is 14.3. The van der Waals surface area contributed by atoms with Gasteiger partial charge < -0.3 is 10.2 Å². The first-order chi connectivity index (χ1) is 12.5. The summed E-state index contributed by atoms with van der Waals surface area (Å²) in [5.74, 6) is -0.727. The normalized spacial score (nSPS) is 15.1. The molecule has 0 spiro atoms. The standard InChI is InChI=1S/C17H19ClFN5O2/c1-22-17(26)16(18)14(10-20-22)24-8-6-23(7-9-24)11-15(25)21-13-5-3-2-4-12(13)19/h2-5,10H,6-9,11H2,1H3,(H,21,25). The Kier molecular flexibility index (Phi) is 5.53. The Morgan fingerprint density at radius 1 is 1.27 bits per heavy atom. The Hall–Kier alpha value is -2.45. The van der Waals surface area contributed by atoms with E-state index in [4.69, 9.17) is 11.6 Å². The number of carbonyl (C=O) groups is 1. The Balaban J connectivity index is 1.56. The predicted octanol–water partition coefficient (Wildman–Crippen LogP) is 1.33. The van der Waals surface area contributed by atoms with Crippen LogP contribution in [0.15, 0.2) is 35.3 Å². The molecule has 26 heavy (non-hydrogen) atoms. The van der Waals surface area contributed by atoms with Crippen molar-refractivity contribution < 1.29 is 9.18 Å². The van der Waals surface area contributed by atoms with Gasteiger partial charge in [-0.05, 0) is 12.1 Å². The molecule has 7 nitrogen and oxygen atoms in total. The maximum Gasteiger partial charge on any atom is 0.287 e. The van der Waals surface area contributed by atoms with Crippen molar-refractivity contribution >= 4 is 28.9 Å². The number of nitrogens with one attached hydrogen (secondary N) is 1. The molecule has 3 rings (SSSR count). The number of hydrogen-bond acceptors (Lipinski definition) is 5. The second kappa shape index (κ2) is 7.84. The van der Waals surface area contributed by atoms with Gasteiger partial charge in [-0.25, -0.2) is 9.07 Å². The minimum atomic E-state index is -0.460. The molecule has 1 fully saturated rings. The number of rotatable bonds is 4. The van der Waals surface area contributed by atoms with Crippen LogP contribution in [-0.4, -0.2) is 53.3 Å². The van der Waals surface area contributed by atoms with Gasteiger partial charge in [0, 0.05) is 33.2 Å². The smallest absolute Gasteiger partial charge is 0.287 e. The summed E-state index contributed by atoms with van der Waals surface area (Å²) in [4.78, 5) is 27.9. The maximum atomic E-state index is 13.6. The van der Waals surface area contributed by atoms with Crippen LogP contribution in [0.4, 0.5) is 15.8 Å². The first-order valence-corrected chi connectivity index (χ1v) is 8.57. The molecule has 1 aliphatic heterocycles. The van der Waals surface area contributed by atoms with Crippen LogP contribution in [0.25, 0.3) is 0 Å². The third kappa shape index (κ3) is 4.03. The summed E-state index contributed by atoms with van der Waals surface area (Å²) in [6.07, 6.45) is 1.57. The van der Waals surface area contributed by atoms with Crippen molar-refractivity contribution in [3.63, 3.8) is 0 Å². The second-order valence-electron chi connectivity index (χ2n) is 6.06. The summed E-state index contributed by atoms with van der Waals surface area (Å²) in [7, 11) is 1.55. The van der Waals surface area contributed by atoms with E-state index in [2.05, 4.69) is 10.4 Å². The maximum absolute atomic E-state index is 13.6. The van der Waals surface area contributed by atoms with Gasteiger partial charge in [0.2, 0.25) is 5.91 Å². The van der Waals surface area contributed by atoms with Crippen molar-refractivity contribution in [2.45, 2.75) is 0 Å². The zero-order chi connectivity index (χ0) is 18.7. The van der Waals surface area contributed by atoms with Crippen LogP contribution < -0.4 is 15.8 Å². The van der Waals surface area contributed by atoms with Crippen molar-refractivity contribution in [1.82, 2.24) is 14.7 Å². The number of aromatic nitrogens is 2. The van der Waals surface area contributed by atoms with Crippen molar-refractivity contribution in [2.75, 3.05) is 42.9 Å². The van der Waals surface area contributed by atoms with Crippen molar-refractivity contribution in [3.05, 3.63) is 51.7 Å². The summed E-state index contributed by atoms with van der Waals surface area (Å²) >= 11 is 6.13. The first-order valence-electron chi connectivity index (χ1n) is 8.19. The number of piperazine rings is 1. The third-order valence-corrected chi connectivity index (χ3v) is 4.64. The van der Waals surface area contributed by atoms with E-state index < -0.39 is 5.82 Å². The minimum Gasteiger partial charge on any atom is -0.366 e. The molecule has 1 aliphatic rings. The van der Waals surface area contributed by atoms with Gasteiger partial charge in [0.25, 0.3) is 5.56 Å². The minimum absolute atomic E-state index is 0.147. The number of para-hydroxylation sites is 1. The van der Waals surface area contributed by atoms with Crippen LogP contribution in [0.1, 0.15) is 0 Å².